The predicted octanol–water partition coefficient (Wildman–Crippen LogP) is 1.76. The lowest BCUT2D eigenvalue weighted by atomic mass is 9.96. The molecule has 6 nitrogen and oxygen atoms in total. The van der Waals surface area contributed by atoms with E-state index in [1.54, 1.807) is 17.9 Å². The Morgan fingerprint density at radius 1 is 1.48 bits per heavy atom. The highest BCUT2D eigenvalue weighted by Crippen LogP contribution is 2.26. The second kappa shape index (κ2) is 6.41. The summed E-state index contributed by atoms with van der Waals surface area (Å²) in [6.07, 6.45) is 4.16. The molecule has 116 valence electrons. The first-order chi connectivity index (χ1) is 9.88. The number of nitrogens with zero attached hydrogens (tertiary/aromatic N) is 3. The molecule has 0 fully saturated rings. The van der Waals surface area contributed by atoms with Crippen LogP contribution in [0.4, 0.5) is 0 Å². The standard InChI is InChI=1S/C15H24N4O2/c1-11(5-6-19-10-16-9-18-19)17-8-15(4,20)14-7-12(2)21-13(14)3/h7,9-11,17,20H,5-6,8H2,1-4H3. The van der Waals surface area contributed by atoms with Crippen LogP contribution in [0.3, 0.4) is 0 Å². The van der Waals surface area contributed by atoms with E-state index in [-0.39, 0.29) is 6.04 Å². The third-order valence-corrected chi connectivity index (χ3v) is 3.67. The molecule has 0 aromatic carbocycles. The minimum atomic E-state index is -0.941. The average molecular weight is 292 g/mol. The Balaban J connectivity index is 1.84. The minimum absolute atomic E-state index is 0.272. The number of aliphatic hydroxyl groups is 1. The molecule has 2 unspecified atom stereocenters. The van der Waals surface area contributed by atoms with Gasteiger partial charge in [0, 0.05) is 24.7 Å². The van der Waals surface area contributed by atoms with Crippen LogP contribution >= 0.6 is 0 Å². The smallest absolute Gasteiger partial charge is 0.137 e. The first-order valence-electron chi connectivity index (χ1n) is 7.24. The van der Waals surface area contributed by atoms with Crippen LogP contribution in [0, 0.1) is 13.8 Å². The van der Waals surface area contributed by atoms with E-state index in [4.69, 9.17) is 4.42 Å². The Hall–Kier alpha value is -1.66. The Bertz CT molecular complexity index is 560. The Morgan fingerprint density at radius 2 is 2.24 bits per heavy atom. The van der Waals surface area contributed by atoms with Gasteiger partial charge in [-0.15, -0.1) is 0 Å². The van der Waals surface area contributed by atoms with Gasteiger partial charge in [-0.3, -0.25) is 4.68 Å². The Kier molecular flexibility index (Phi) is 4.80. The van der Waals surface area contributed by atoms with E-state index in [9.17, 15) is 5.11 Å². The highest BCUT2D eigenvalue weighted by atomic mass is 16.3. The van der Waals surface area contributed by atoms with Crippen LogP contribution in [0.15, 0.2) is 23.1 Å². The fraction of sp³-hybridized carbons (Fsp3) is 0.600. The average Bonchev–Trinajstić information content (AvgIpc) is 3.04. The summed E-state index contributed by atoms with van der Waals surface area (Å²) in [5.74, 6) is 1.59. The van der Waals surface area contributed by atoms with Crippen molar-refractivity contribution in [2.45, 2.75) is 52.3 Å². The van der Waals surface area contributed by atoms with Crippen LogP contribution in [-0.4, -0.2) is 32.5 Å². The Morgan fingerprint density at radius 3 is 2.81 bits per heavy atom. The van der Waals surface area contributed by atoms with Crippen molar-refractivity contribution in [2.75, 3.05) is 6.54 Å². The zero-order chi connectivity index (χ0) is 15.5. The monoisotopic (exact) mass is 292 g/mol. The first-order valence-corrected chi connectivity index (χ1v) is 7.24. The van der Waals surface area contributed by atoms with Crippen LogP contribution in [0.2, 0.25) is 0 Å². The second-order valence-electron chi connectivity index (χ2n) is 5.83. The van der Waals surface area contributed by atoms with Gasteiger partial charge >= 0.3 is 0 Å². The van der Waals surface area contributed by atoms with Crippen molar-refractivity contribution in [3.63, 3.8) is 0 Å². The van der Waals surface area contributed by atoms with Gasteiger partial charge in [0.05, 0.1) is 0 Å². The molecule has 2 aromatic rings. The minimum Gasteiger partial charge on any atom is -0.466 e. The van der Waals surface area contributed by atoms with Gasteiger partial charge in [0.15, 0.2) is 0 Å². The molecule has 0 saturated carbocycles. The molecule has 2 atom stereocenters. The molecule has 0 radical (unpaired) electrons. The van der Waals surface area contributed by atoms with Crippen LogP contribution in [0.5, 0.6) is 0 Å². The maximum atomic E-state index is 10.6. The lowest BCUT2D eigenvalue weighted by Gasteiger charge is -2.25. The summed E-state index contributed by atoms with van der Waals surface area (Å²) in [5, 5.41) is 18.1. The predicted molar refractivity (Wildman–Crippen MR) is 79.9 cm³/mol. The Labute approximate surface area is 125 Å². The fourth-order valence-corrected chi connectivity index (χ4v) is 2.41. The third-order valence-electron chi connectivity index (χ3n) is 3.67. The van der Waals surface area contributed by atoms with Gasteiger partial charge in [-0.05, 0) is 40.2 Å². The number of hydrogen-bond donors (Lipinski definition) is 2. The summed E-state index contributed by atoms with van der Waals surface area (Å²) in [6.45, 7) is 8.96. The van der Waals surface area contributed by atoms with E-state index in [1.807, 2.05) is 19.9 Å². The van der Waals surface area contributed by atoms with Crippen molar-refractivity contribution < 1.29 is 9.52 Å². The third kappa shape index (κ3) is 4.15. The van der Waals surface area contributed by atoms with Crippen LogP contribution in [0.25, 0.3) is 0 Å². The SMILES string of the molecule is Cc1cc(C(C)(O)CNC(C)CCn2cncn2)c(C)o1. The highest BCUT2D eigenvalue weighted by molar-refractivity contribution is 5.26. The summed E-state index contributed by atoms with van der Waals surface area (Å²) in [7, 11) is 0. The molecule has 0 amide bonds. The fourth-order valence-electron chi connectivity index (χ4n) is 2.41. The molecule has 2 rings (SSSR count). The molecule has 0 saturated heterocycles. The van der Waals surface area contributed by atoms with Crippen molar-refractivity contribution in [3.05, 3.63) is 35.8 Å². The molecule has 2 aromatic heterocycles. The van der Waals surface area contributed by atoms with Gasteiger partial charge in [0.2, 0.25) is 0 Å². The number of hydrogen-bond acceptors (Lipinski definition) is 5. The van der Waals surface area contributed by atoms with Gasteiger partial charge in [0.1, 0.15) is 29.8 Å². The van der Waals surface area contributed by atoms with Crippen molar-refractivity contribution in [1.82, 2.24) is 20.1 Å². The van der Waals surface area contributed by atoms with Crippen LogP contribution in [0.1, 0.15) is 37.4 Å². The second-order valence-corrected chi connectivity index (χ2v) is 5.83. The zero-order valence-corrected chi connectivity index (χ0v) is 13.1. The van der Waals surface area contributed by atoms with Crippen molar-refractivity contribution in [1.29, 1.82) is 0 Å². The van der Waals surface area contributed by atoms with E-state index in [0.29, 0.717) is 6.54 Å². The topological polar surface area (TPSA) is 76.1 Å². The van der Waals surface area contributed by atoms with Crippen molar-refractivity contribution in [2.24, 2.45) is 0 Å². The number of rotatable bonds is 7. The molecule has 0 bridgehead atoms. The number of aromatic nitrogens is 3. The van der Waals surface area contributed by atoms with Crippen molar-refractivity contribution >= 4 is 0 Å². The summed E-state index contributed by atoms with van der Waals surface area (Å²) >= 11 is 0. The van der Waals surface area contributed by atoms with E-state index in [2.05, 4.69) is 22.3 Å². The highest BCUT2D eigenvalue weighted by Gasteiger charge is 2.27. The van der Waals surface area contributed by atoms with Crippen molar-refractivity contribution in [3.8, 4) is 0 Å². The summed E-state index contributed by atoms with van der Waals surface area (Å²) in [6, 6.07) is 2.17. The molecule has 6 heteroatoms. The quantitative estimate of drug-likeness (QED) is 0.813. The lowest BCUT2D eigenvalue weighted by molar-refractivity contribution is 0.0524. The van der Waals surface area contributed by atoms with E-state index in [0.717, 1.165) is 30.0 Å². The number of furan rings is 1. The van der Waals surface area contributed by atoms with Gasteiger partial charge in [-0.25, -0.2) is 4.98 Å². The number of aryl methyl sites for hydroxylation is 3. The zero-order valence-electron chi connectivity index (χ0n) is 13.1. The summed E-state index contributed by atoms with van der Waals surface area (Å²) in [4.78, 5) is 3.92. The normalized spacial score (nSPS) is 15.9. The summed E-state index contributed by atoms with van der Waals surface area (Å²) in [5.41, 5.74) is -0.0976. The molecule has 21 heavy (non-hydrogen) atoms. The largest absolute Gasteiger partial charge is 0.466 e. The van der Waals surface area contributed by atoms with Gasteiger partial charge < -0.3 is 14.8 Å². The van der Waals surface area contributed by atoms with Gasteiger partial charge in [0.25, 0.3) is 0 Å². The van der Waals surface area contributed by atoms with E-state index < -0.39 is 5.60 Å². The molecule has 2 N–H and O–H groups in total. The van der Waals surface area contributed by atoms with Crippen LogP contribution in [-0.2, 0) is 12.1 Å². The first kappa shape index (κ1) is 15.7. The number of nitrogens with one attached hydrogen (secondary N) is 1. The summed E-state index contributed by atoms with van der Waals surface area (Å²) < 4.78 is 7.30. The molecular weight excluding hydrogens is 268 g/mol. The van der Waals surface area contributed by atoms with E-state index in [1.165, 1.54) is 6.33 Å². The molecule has 0 aliphatic heterocycles. The maximum Gasteiger partial charge on any atom is 0.137 e. The van der Waals surface area contributed by atoms with E-state index >= 15 is 0 Å². The molecule has 2 heterocycles. The molecule has 0 aliphatic rings. The van der Waals surface area contributed by atoms with Crippen LogP contribution < -0.4 is 5.32 Å². The van der Waals surface area contributed by atoms with Gasteiger partial charge in [-0.1, -0.05) is 0 Å². The molecule has 0 spiro atoms. The molecular formula is C15H24N4O2. The molecule has 0 aliphatic carbocycles. The van der Waals surface area contributed by atoms with Gasteiger partial charge in [-0.2, -0.15) is 5.10 Å². The lowest BCUT2D eigenvalue weighted by Crippen LogP contribution is -2.40. The maximum absolute atomic E-state index is 10.6.